The first-order chi connectivity index (χ1) is 9.47. The summed E-state index contributed by atoms with van der Waals surface area (Å²) in [6.07, 6.45) is 0. The van der Waals surface area contributed by atoms with E-state index < -0.39 is 17.5 Å². The number of methoxy groups -OCH3 is 1. The van der Waals surface area contributed by atoms with Crippen molar-refractivity contribution in [1.82, 2.24) is 0 Å². The lowest BCUT2D eigenvalue weighted by atomic mass is 9.75. The van der Waals surface area contributed by atoms with Crippen LogP contribution in [0.1, 0.15) is 26.3 Å². The van der Waals surface area contributed by atoms with E-state index in [2.05, 4.69) is 0 Å². The van der Waals surface area contributed by atoms with Crippen molar-refractivity contribution >= 4 is 5.97 Å². The highest BCUT2D eigenvalue weighted by atomic mass is 16.5. The Kier molecular flexibility index (Phi) is 6.17. The van der Waals surface area contributed by atoms with Gasteiger partial charge in [-0.3, -0.25) is 4.79 Å². The zero-order valence-corrected chi connectivity index (χ0v) is 12.6. The molecule has 2 atom stereocenters. The number of carbonyl (C=O) groups excluding carboxylic acids is 1. The number of esters is 1. The topological polar surface area (TPSA) is 55.8 Å². The van der Waals surface area contributed by atoms with Gasteiger partial charge in [0.1, 0.15) is 5.60 Å². The molecule has 1 aromatic carbocycles. The summed E-state index contributed by atoms with van der Waals surface area (Å²) in [5.74, 6) is -1.15. The lowest BCUT2D eigenvalue weighted by Gasteiger charge is -2.36. The molecule has 1 rings (SSSR count). The van der Waals surface area contributed by atoms with Crippen molar-refractivity contribution in [1.29, 1.82) is 0 Å². The van der Waals surface area contributed by atoms with E-state index >= 15 is 0 Å². The molecule has 1 aromatic rings. The van der Waals surface area contributed by atoms with E-state index in [1.54, 1.807) is 19.1 Å². The summed E-state index contributed by atoms with van der Waals surface area (Å²) in [5, 5.41) is 11.1. The molecule has 0 aliphatic heterocycles. The first-order valence-corrected chi connectivity index (χ1v) is 6.90. The minimum Gasteiger partial charge on any atom is -0.466 e. The third-order valence-electron chi connectivity index (χ3n) is 3.36. The van der Waals surface area contributed by atoms with E-state index in [9.17, 15) is 9.90 Å². The summed E-state index contributed by atoms with van der Waals surface area (Å²) < 4.78 is 10.3. The van der Waals surface area contributed by atoms with Gasteiger partial charge in [-0.2, -0.15) is 0 Å². The van der Waals surface area contributed by atoms with Crippen LogP contribution in [-0.2, 0) is 19.9 Å². The minimum atomic E-state index is -1.39. The van der Waals surface area contributed by atoms with Gasteiger partial charge in [0.05, 0.1) is 19.1 Å². The van der Waals surface area contributed by atoms with Gasteiger partial charge in [-0.05, 0) is 18.4 Å². The van der Waals surface area contributed by atoms with Crippen molar-refractivity contribution in [2.75, 3.05) is 20.3 Å². The molecule has 0 aliphatic carbocycles. The third-order valence-corrected chi connectivity index (χ3v) is 3.36. The van der Waals surface area contributed by atoms with Crippen LogP contribution in [0.3, 0.4) is 0 Å². The molecule has 0 spiro atoms. The van der Waals surface area contributed by atoms with Gasteiger partial charge in [0, 0.05) is 7.11 Å². The third kappa shape index (κ3) is 3.58. The highest BCUT2D eigenvalue weighted by molar-refractivity contribution is 5.74. The van der Waals surface area contributed by atoms with Gasteiger partial charge < -0.3 is 14.6 Å². The van der Waals surface area contributed by atoms with Crippen molar-refractivity contribution < 1.29 is 19.4 Å². The average Bonchev–Trinajstić information content (AvgIpc) is 2.40. The SMILES string of the molecule is CCOC(=O)C(C(C)C)C(O)(COC)c1ccccc1. The van der Waals surface area contributed by atoms with Gasteiger partial charge in [-0.25, -0.2) is 0 Å². The second-order valence-electron chi connectivity index (χ2n) is 5.20. The molecular weight excluding hydrogens is 256 g/mol. The van der Waals surface area contributed by atoms with Crippen molar-refractivity contribution in [2.24, 2.45) is 11.8 Å². The Labute approximate surface area is 120 Å². The van der Waals surface area contributed by atoms with Crippen molar-refractivity contribution in [3.8, 4) is 0 Å². The van der Waals surface area contributed by atoms with E-state index in [4.69, 9.17) is 9.47 Å². The van der Waals surface area contributed by atoms with E-state index in [1.807, 2.05) is 32.0 Å². The molecule has 0 bridgehead atoms. The standard InChI is InChI=1S/C16H24O4/c1-5-20-15(17)14(12(2)3)16(18,11-19-4)13-9-7-6-8-10-13/h6-10,12,14,18H,5,11H2,1-4H3. The lowest BCUT2D eigenvalue weighted by molar-refractivity contribution is -0.169. The largest absolute Gasteiger partial charge is 0.466 e. The molecule has 0 aliphatic rings. The fraction of sp³-hybridized carbons (Fsp3) is 0.562. The molecule has 0 radical (unpaired) electrons. The molecule has 112 valence electrons. The highest BCUT2D eigenvalue weighted by Gasteiger charge is 2.45. The molecular formula is C16H24O4. The highest BCUT2D eigenvalue weighted by Crippen LogP contribution is 2.36. The zero-order valence-electron chi connectivity index (χ0n) is 12.6. The monoisotopic (exact) mass is 280 g/mol. The van der Waals surface area contributed by atoms with Gasteiger partial charge in [0.15, 0.2) is 0 Å². The van der Waals surface area contributed by atoms with Crippen LogP contribution in [0.2, 0.25) is 0 Å². The fourth-order valence-electron chi connectivity index (χ4n) is 2.55. The summed E-state index contributed by atoms with van der Waals surface area (Å²) in [7, 11) is 1.51. The molecule has 4 heteroatoms. The summed E-state index contributed by atoms with van der Waals surface area (Å²) in [6.45, 7) is 5.88. The van der Waals surface area contributed by atoms with Gasteiger partial charge >= 0.3 is 5.97 Å². The molecule has 0 heterocycles. The first kappa shape index (κ1) is 16.7. The predicted molar refractivity (Wildman–Crippen MR) is 77.2 cm³/mol. The van der Waals surface area contributed by atoms with Gasteiger partial charge in [-0.1, -0.05) is 44.2 Å². The van der Waals surface area contributed by atoms with Gasteiger partial charge in [0.25, 0.3) is 0 Å². The molecule has 2 unspecified atom stereocenters. The fourth-order valence-corrected chi connectivity index (χ4v) is 2.55. The molecule has 0 aromatic heterocycles. The molecule has 1 N–H and O–H groups in total. The number of carbonyl (C=O) groups is 1. The van der Waals surface area contributed by atoms with Gasteiger partial charge in [0.2, 0.25) is 0 Å². The first-order valence-electron chi connectivity index (χ1n) is 6.90. The summed E-state index contributed by atoms with van der Waals surface area (Å²) in [5.41, 5.74) is -0.732. The Balaban J connectivity index is 3.23. The van der Waals surface area contributed by atoms with Crippen LogP contribution in [-0.4, -0.2) is 31.4 Å². The maximum Gasteiger partial charge on any atom is 0.312 e. The maximum absolute atomic E-state index is 12.2. The Morgan fingerprint density at radius 1 is 1.30 bits per heavy atom. The summed E-state index contributed by atoms with van der Waals surface area (Å²) >= 11 is 0. The molecule has 0 saturated carbocycles. The van der Waals surface area contributed by atoms with Crippen LogP contribution in [0.4, 0.5) is 0 Å². The second kappa shape index (κ2) is 7.41. The number of hydrogen-bond acceptors (Lipinski definition) is 4. The molecule has 0 amide bonds. The van der Waals surface area contributed by atoms with Crippen molar-refractivity contribution in [3.05, 3.63) is 35.9 Å². The molecule has 0 saturated heterocycles. The van der Waals surface area contributed by atoms with E-state index in [0.29, 0.717) is 12.2 Å². The number of ether oxygens (including phenoxy) is 2. The van der Waals surface area contributed by atoms with Crippen molar-refractivity contribution in [2.45, 2.75) is 26.4 Å². The zero-order chi connectivity index (χ0) is 15.2. The molecule has 0 fully saturated rings. The Bertz CT molecular complexity index is 416. The predicted octanol–water partition coefficient (Wildman–Crippen LogP) is 2.36. The normalized spacial score (nSPS) is 15.7. The Morgan fingerprint density at radius 3 is 2.35 bits per heavy atom. The smallest absolute Gasteiger partial charge is 0.312 e. The quantitative estimate of drug-likeness (QED) is 0.779. The van der Waals surface area contributed by atoms with Crippen LogP contribution in [0.15, 0.2) is 30.3 Å². The van der Waals surface area contributed by atoms with Crippen LogP contribution in [0.25, 0.3) is 0 Å². The number of aliphatic hydroxyl groups is 1. The maximum atomic E-state index is 12.2. The van der Waals surface area contributed by atoms with Crippen LogP contribution >= 0.6 is 0 Å². The van der Waals surface area contributed by atoms with Crippen LogP contribution in [0.5, 0.6) is 0 Å². The second-order valence-corrected chi connectivity index (χ2v) is 5.20. The molecule has 4 nitrogen and oxygen atoms in total. The van der Waals surface area contributed by atoms with Crippen LogP contribution in [0, 0.1) is 11.8 Å². The van der Waals surface area contributed by atoms with E-state index in [1.165, 1.54) is 7.11 Å². The number of benzene rings is 1. The minimum absolute atomic E-state index is 0.0404. The van der Waals surface area contributed by atoms with Gasteiger partial charge in [-0.15, -0.1) is 0 Å². The van der Waals surface area contributed by atoms with Crippen molar-refractivity contribution in [3.63, 3.8) is 0 Å². The van der Waals surface area contributed by atoms with E-state index in [-0.39, 0.29) is 12.5 Å². The Morgan fingerprint density at radius 2 is 1.90 bits per heavy atom. The lowest BCUT2D eigenvalue weighted by Crippen LogP contribution is -2.46. The summed E-state index contributed by atoms with van der Waals surface area (Å²) in [4.78, 5) is 12.2. The Hall–Kier alpha value is -1.39. The van der Waals surface area contributed by atoms with E-state index in [0.717, 1.165) is 0 Å². The average molecular weight is 280 g/mol. The number of rotatable bonds is 7. The number of hydrogen-bond donors (Lipinski definition) is 1. The van der Waals surface area contributed by atoms with Crippen LogP contribution < -0.4 is 0 Å². The molecule has 20 heavy (non-hydrogen) atoms. The summed E-state index contributed by atoms with van der Waals surface area (Å²) in [6, 6.07) is 9.13.